The predicted octanol–water partition coefficient (Wildman–Crippen LogP) is 4.29. The fourth-order valence-electron chi connectivity index (χ4n) is 1.58. The summed E-state index contributed by atoms with van der Waals surface area (Å²) in [7, 11) is 0. The Hall–Kier alpha value is -1.00. The number of aryl methyl sites for hydroxylation is 2. The summed E-state index contributed by atoms with van der Waals surface area (Å²) in [4.78, 5) is 1.19. The normalized spacial score (nSPS) is 10.5. The van der Waals surface area contributed by atoms with Gasteiger partial charge in [-0.1, -0.05) is 6.07 Å². The van der Waals surface area contributed by atoms with Crippen molar-refractivity contribution in [2.45, 2.75) is 20.5 Å². The summed E-state index contributed by atoms with van der Waals surface area (Å²) in [5.41, 5.74) is 8.86. The summed E-state index contributed by atoms with van der Waals surface area (Å²) in [6.07, 6.45) is 0. The molecule has 17 heavy (non-hydrogen) atoms. The van der Waals surface area contributed by atoms with Gasteiger partial charge in [0.25, 0.3) is 0 Å². The molecule has 0 saturated heterocycles. The topological polar surface area (TPSA) is 35.2 Å². The Kier molecular flexibility index (Phi) is 3.74. The first-order valence-electron chi connectivity index (χ1n) is 5.28. The fourth-order valence-corrected chi connectivity index (χ4v) is 2.94. The van der Waals surface area contributed by atoms with Crippen LogP contribution in [0.25, 0.3) is 0 Å². The molecule has 90 valence electrons. The molecule has 0 aliphatic carbocycles. The Morgan fingerprint density at radius 2 is 2.00 bits per heavy atom. The van der Waals surface area contributed by atoms with Crippen molar-refractivity contribution >= 4 is 33.0 Å². The first-order chi connectivity index (χ1) is 8.06. The van der Waals surface area contributed by atoms with Gasteiger partial charge < -0.3 is 10.5 Å². The van der Waals surface area contributed by atoms with Gasteiger partial charge in [0.2, 0.25) is 0 Å². The van der Waals surface area contributed by atoms with E-state index in [1.807, 2.05) is 19.9 Å². The van der Waals surface area contributed by atoms with Crippen LogP contribution < -0.4 is 10.5 Å². The van der Waals surface area contributed by atoms with Crippen LogP contribution in [0.3, 0.4) is 0 Å². The van der Waals surface area contributed by atoms with Crippen LogP contribution in [-0.4, -0.2) is 0 Å². The number of ether oxygens (including phenoxy) is 1. The average molecular weight is 312 g/mol. The molecule has 0 saturated carbocycles. The third kappa shape index (κ3) is 3.01. The lowest BCUT2D eigenvalue weighted by Crippen LogP contribution is -1.98. The molecule has 2 rings (SSSR count). The second-order valence-corrected chi connectivity index (χ2v) is 5.91. The van der Waals surface area contributed by atoms with Gasteiger partial charge in [0, 0.05) is 26.5 Å². The van der Waals surface area contributed by atoms with Gasteiger partial charge in [-0.15, -0.1) is 11.3 Å². The average Bonchev–Trinajstić information content (AvgIpc) is 2.68. The van der Waals surface area contributed by atoms with E-state index < -0.39 is 0 Å². The molecule has 0 unspecified atom stereocenters. The van der Waals surface area contributed by atoms with E-state index in [-0.39, 0.29) is 0 Å². The molecule has 0 aliphatic heterocycles. The van der Waals surface area contributed by atoms with Crippen LogP contribution in [0, 0.1) is 13.8 Å². The number of anilines is 1. The summed E-state index contributed by atoms with van der Waals surface area (Å²) in [5.74, 6) is 0.859. The summed E-state index contributed by atoms with van der Waals surface area (Å²) < 4.78 is 6.88. The quantitative estimate of drug-likeness (QED) is 0.858. The van der Waals surface area contributed by atoms with E-state index >= 15 is 0 Å². The Bertz CT molecular complexity index is 536. The lowest BCUT2D eigenvalue weighted by Gasteiger charge is -2.10. The van der Waals surface area contributed by atoms with Crippen molar-refractivity contribution in [2.24, 2.45) is 0 Å². The molecule has 2 nitrogen and oxygen atoms in total. The fraction of sp³-hybridized carbons (Fsp3) is 0.231. The maximum atomic E-state index is 5.88. The van der Waals surface area contributed by atoms with Crippen LogP contribution in [0.4, 0.5) is 5.69 Å². The molecule has 2 N–H and O–H groups in total. The van der Waals surface area contributed by atoms with Gasteiger partial charge in [-0.05, 0) is 47.0 Å². The Labute approximate surface area is 114 Å². The van der Waals surface area contributed by atoms with Gasteiger partial charge in [0.1, 0.15) is 12.4 Å². The minimum atomic E-state index is 0.583. The maximum Gasteiger partial charge on any atom is 0.124 e. The third-order valence-electron chi connectivity index (χ3n) is 2.56. The van der Waals surface area contributed by atoms with Crippen molar-refractivity contribution in [2.75, 3.05) is 5.73 Å². The number of nitrogens with two attached hydrogens (primary N) is 1. The first-order valence-corrected chi connectivity index (χ1v) is 6.96. The highest BCUT2D eigenvalue weighted by Crippen LogP contribution is 2.26. The molecule has 1 aromatic heterocycles. The number of hydrogen-bond acceptors (Lipinski definition) is 3. The molecular weight excluding hydrogens is 298 g/mol. The smallest absolute Gasteiger partial charge is 0.124 e. The molecule has 0 radical (unpaired) electrons. The monoisotopic (exact) mass is 311 g/mol. The molecule has 0 bridgehead atoms. The van der Waals surface area contributed by atoms with Crippen molar-refractivity contribution in [3.63, 3.8) is 0 Å². The highest BCUT2D eigenvalue weighted by Gasteiger charge is 2.05. The zero-order chi connectivity index (χ0) is 12.4. The number of halogens is 1. The zero-order valence-corrected chi connectivity index (χ0v) is 12.2. The molecule has 0 spiro atoms. The third-order valence-corrected chi connectivity index (χ3v) is 4.23. The molecule has 0 aliphatic rings. The molecule has 1 heterocycles. The van der Waals surface area contributed by atoms with E-state index in [9.17, 15) is 0 Å². The van der Waals surface area contributed by atoms with E-state index in [1.165, 1.54) is 4.88 Å². The minimum Gasteiger partial charge on any atom is -0.488 e. The maximum absolute atomic E-state index is 5.88. The van der Waals surface area contributed by atoms with Crippen molar-refractivity contribution < 1.29 is 4.74 Å². The van der Waals surface area contributed by atoms with Gasteiger partial charge in [0.05, 0.1) is 0 Å². The molecule has 0 fully saturated rings. The van der Waals surface area contributed by atoms with Crippen molar-refractivity contribution in [1.82, 2.24) is 0 Å². The first kappa shape index (κ1) is 12.5. The zero-order valence-electron chi connectivity index (χ0n) is 9.79. The summed E-state index contributed by atoms with van der Waals surface area (Å²) in [5, 5.41) is 2.05. The van der Waals surface area contributed by atoms with Crippen LogP contribution >= 0.6 is 27.3 Å². The van der Waals surface area contributed by atoms with E-state index in [4.69, 9.17) is 10.5 Å². The molecule has 0 atom stereocenters. The lowest BCUT2D eigenvalue weighted by atomic mass is 10.1. The van der Waals surface area contributed by atoms with Crippen molar-refractivity contribution in [1.29, 1.82) is 0 Å². The number of benzene rings is 1. The Morgan fingerprint density at radius 3 is 2.65 bits per heavy atom. The summed E-state index contributed by atoms with van der Waals surface area (Å²) in [6, 6.07) is 6.01. The summed E-state index contributed by atoms with van der Waals surface area (Å²) >= 11 is 5.11. The van der Waals surface area contributed by atoms with Gasteiger partial charge in [-0.25, -0.2) is 0 Å². The number of rotatable bonds is 3. The van der Waals surface area contributed by atoms with Crippen LogP contribution in [0.5, 0.6) is 5.75 Å². The molecule has 1 aromatic carbocycles. The van der Waals surface area contributed by atoms with Crippen LogP contribution in [0.15, 0.2) is 28.1 Å². The SMILES string of the molecule is Cc1cc(C)c(OCc2cc(Br)cs2)cc1N. The van der Waals surface area contributed by atoms with Gasteiger partial charge in [-0.3, -0.25) is 0 Å². The van der Waals surface area contributed by atoms with Gasteiger partial charge in [0.15, 0.2) is 0 Å². The lowest BCUT2D eigenvalue weighted by molar-refractivity contribution is 0.308. The molecule has 4 heteroatoms. The van der Waals surface area contributed by atoms with E-state index in [1.54, 1.807) is 11.3 Å². The van der Waals surface area contributed by atoms with Crippen LogP contribution in [0.1, 0.15) is 16.0 Å². The van der Waals surface area contributed by atoms with Crippen molar-refractivity contribution in [3.8, 4) is 5.75 Å². The minimum absolute atomic E-state index is 0.583. The van der Waals surface area contributed by atoms with E-state index in [0.29, 0.717) is 6.61 Å². The number of nitrogen functional groups attached to an aromatic ring is 1. The second kappa shape index (κ2) is 5.10. The van der Waals surface area contributed by atoms with Crippen LogP contribution in [0.2, 0.25) is 0 Å². The highest BCUT2D eigenvalue weighted by molar-refractivity contribution is 9.10. The standard InChI is InChI=1S/C13H14BrNOS/c1-8-3-9(2)13(5-12(8)15)16-6-11-4-10(14)7-17-11/h3-5,7H,6,15H2,1-2H3. The van der Waals surface area contributed by atoms with E-state index in [0.717, 1.165) is 27.0 Å². The second-order valence-electron chi connectivity index (χ2n) is 3.99. The molecule has 2 aromatic rings. The number of thiophene rings is 1. The van der Waals surface area contributed by atoms with Crippen molar-refractivity contribution in [3.05, 3.63) is 44.1 Å². The number of hydrogen-bond donors (Lipinski definition) is 1. The van der Waals surface area contributed by atoms with Crippen LogP contribution in [-0.2, 0) is 6.61 Å². The Balaban J connectivity index is 2.11. The van der Waals surface area contributed by atoms with E-state index in [2.05, 4.69) is 33.4 Å². The predicted molar refractivity (Wildman–Crippen MR) is 76.7 cm³/mol. The summed E-state index contributed by atoms with van der Waals surface area (Å²) in [6.45, 7) is 4.62. The van der Waals surface area contributed by atoms with Gasteiger partial charge in [-0.2, -0.15) is 0 Å². The largest absolute Gasteiger partial charge is 0.488 e. The highest BCUT2D eigenvalue weighted by atomic mass is 79.9. The Morgan fingerprint density at radius 1 is 1.24 bits per heavy atom. The van der Waals surface area contributed by atoms with Gasteiger partial charge >= 0.3 is 0 Å². The molecular formula is C13H14BrNOS. The molecule has 0 amide bonds.